The summed E-state index contributed by atoms with van der Waals surface area (Å²) in [6, 6.07) is 1.83. The van der Waals surface area contributed by atoms with Crippen LogP contribution in [0.1, 0.15) is 20.8 Å². The molecular formula is C11H19N3O2. The summed E-state index contributed by atoms with van der Waals surface area (Å²) in [6.45, 7) is 7.15. The highest BCUT2D eigenvalue weighted by Crippen LogP contribution is 2.10. The molecule has 0 saturated heterocycles. The minimum atomic E-state index is -0.725. The molecule has 16 heavy (non-hydrogen) atoms. The molecule has 0 amide bonds. The van der Waals surface area contributed by atoms with Crippen molar-refractivity contribution in [3.05, 3.63) is 18.5 Å². The van der Waals surface area contributed by atoms with Crippen LogP contribution in [0.25, 0.3) is 0 Å². The monoisotopic (exact) mass is 225 g/mol. The molecule has 0 aromatic carbocycles. The zero-order chi connectivity index (χ0) is 12.0. The lowest BCUT2D eigenvalue weighted by Gasteiger charge is -2.27. The van der Waals surface area contributed by atoms with Crippen LogP contribution in [0.4, 0.5) is 0 Å². The van der Waals surface area contributed by atoms with Gasteiger partial charge in [0.05, 0.1) is 13.2 Å². The maximum atomic E-state index is 11.9. The number of carbonyl (C=O) groups is 1. The molecule has 1 atom stereocenters. The van der Waals surface area contributed by atoms with Gasteiger partial charge < -0.3 is 10.1 Å². The minimum Gasteiger partial charge on any atom is -0.465 e. The Hall–Kier alpha value is -1.36. The minimum absolute atomic E-state index is 0.243. The Morgan fingerprint density at radius 1 is 1.56 bits per heavy atom. The number of aromatic nitrogens is 2. The summed E-state index contributed by atoms with van der Waals surface area (Å²) >= 11 is 0. The van der Waals surface area contributed by atoms with E-state index in [9.17, 15) is 4.79 Å². The average Bonchev–Trinajstić information content (AvgIpc) is 2.71. The van der Waals surface area contributed by atoms with E-state index in [1.54, 1.807) is 17.8 Å². The molecule has 0 saturated carbocycles. The highest BCUT2D eigenvalue weighted by Gasteiger charge is 2.34. The molecule has 0 bridgehead atoms. The summed E-state index contributed by atoms with van der Waals surface area (Å²) in [5, 5.41) is 7.24. The number of nitrogens with zero attached hydrogens (tertiary/aromatic N) is 2. The molecule has 1 N–H and O–H groups in total. The number of hydrogen-bond acceptors (Lipinski definition) is 4. The Balaban J connectivity index is 2.75. The van der Waals surface area contributed by atoms with E-state index in [2.05, 4.69) is 10.4 Å². The van der Waals surface area contributed by atoms with Crippen molar-refractivity contribution in [3.8, 4) is 0 Å². The summed E-state index contributed by atoms with van der Waals surface area (Å²) in [5.41, 5.74) is -0.725. The smallest absolute Gasteiger partial charge is 0.327 e. The fourth-order valence-corrected chi connectivity index (χ4v) is 1.59. The molecule has 0 spiro atoms. The van der Waals surface area contributed by atoms with E-state index in [4.69, 9.17) is 4.74 Å². The van der Waals surface area contributed by atoms with E-state index in [-0.39, 0.29) is 5.97 Å². The summed E-state index contributed by atoms with van der Waals surface area (Å²) in [6.07, 6.45) is 3.52. The van der Waals surface area contributed by atoms with Crippen LogP contribution in [0, 0.1) is 0 Å². The number of hydrogen-bond donors (Lipinski definition) is 1. The first kappa shape index (κ1) is 12.7. The predicted octanol–water partition coefficient (Wildman–Crippen LogP) is 0.814. The summed E-state index contributed by atoms with van der Waals surface area (Å²) in [5.74, 6) is -0.243. The molecule has 0 fully saturated rings. The summed E-state index contributed by atoms with van der Waals surface area (Å²) in [7, 11) is 0. The van der Waals surface area contributed by atoms with Crippen molar-refractivity contribution in [1.82, 2.24) is 15.1 Å². The summed E-state index contributed by atoms with van der Waals surface area (Å²) < 4.78 is 6.79. The first-order valence-corrected chi connectivity index (χ1v) is 5.52. The number of rotatable bonds is 6. The SMILES string of the molecule is CCNC(C)(Cn1cccn1)C(=O)OCC. The first-order chi connectivity index (χ1) is 7.62. The maximum absolute atomic E-state index is 11.9. The van der Waals surface area contributed by atoms with Gasteiger partial charge in [-0.05, 0) is 26.5 Å². The number of nitrogens with one attached hydrogen (secondary N) is 1. The molecule has 0 aliphatic heterocycles. The van der Waals surface area contributed by atoms with Gasteiger partial charge in [0.1, 0.15) is 5.54 Å². The third-order valence-corrected chi connectivity index (χ3v) is 2.33. The van der Waals surface area contributed by atoms with Crippen LogP contribution in [0.3, 0.4) is 0 Å². The third-order valence-electron chi connectivity index (χ3n) is 2.33. The Bertz CT molecular complexity index is 324. The van der Waals surface area contributed by atoms with Crippen molar-refractivity contribution in [2.75, 3.05) is 13.2 Å². The van der Waals surface area contributed by atoms with Crippen LogP contribution < -0.4 is 5.32 Å². The van der Waals surface area contributed by atoms with E-state index < -0.39 is 5.54 Å². The number of carbonyl (C=O) groups excluding carboxylic acids is 1. The van der Waals surface area contributed by atoms with Crippen LogP contribution in [-0.2, 0) is 16.1 Å². The van der Waals surface area contributed by atoms with Gasteiger partial charge in [-0.1, -0.05) is 6.92 Å². The summed E-state index contributed by atoms with van der Waals surface area (Å²) in [4.78, 5) is 11.9. The van der Waals surface area contributed by atoms with Crippen LogP contribution in [-0.4, -0.2) is 34.4 Å². The van der Waals surface area contributed by atoms with Gasteiger partial charge in [0.2, 0.25) is 0 Å². The standard InChI is InChI=1S/C11H19N3O2/c1-4-12-11(3,10(15)16-5-2)9-14-8-6-7-13-14/h6-8,12H,4-5,9H2,1-3H3. The zero-order valence-corrected chi connectivity index (χ0v) is 10.1. The Labute approximate surface area is 95.8 Å². The van der Waals surface area contributed by atoms with E-state index in [1.165, 1.54) is 0 Å². The first-order valence-electron chi connectivity index (χ1n) is 5.52. The largest absolute Gasteiger partial charge is 0.465 e. The molecule has 5 heteroatoms. The van der Waals surface area contributed by atoms with E-state index >= 15 is 0 Å². The molecule has 0 radical (unpaired) electrons. The van der Waals surface area contributed by atoms with Gasteiger partial charge >= 0.3 is 5.97 Å². The Morgan fingerprint density at radius 3 is 2.81 bits per heavy atom. The van der Waals surface area contributed by atoms with Gasteiger partial charge in [0.15, 0.2) is 0 Å². The predicted molar refractivity (Wildman–Crippen MR) is 60.9 cm³/mol. The highest BCUT2D eigenvalue weighted by molar-refractivity contribution is 5.80. The molecule has 1 heterocycles. The topological polar surface area (TPSA) is 56.2 Å². The van der Waals surface area contributed by atoms with Gasteiger partial charge in [-0.3, -0.25) is 4.68 Å². The fourth-order valence-electron chi connectivity index (χ4n) is 1.59. The second-order valence-corrected chi connectivity index (χ2v) is 3.79. The fraction of sp³-hybridized carbons (Fsp3) is 0.636. The average molecular weight is 225 g/mol. The lowest BCUT2D eigenvalue weighted by atomic mass is 10.0. The molecule has 0 aliphatic carbocycles. The second-order valence-electron chi connectivity index (χ2n) is 3.79. The van der Waals surface area contributed by atoms with Gasteiger partial charge in [0.25, 0.3) is 0 Å². The molecule has 1 aromatic heterocycles. The maximum Gasteiger partial charge on any atom is 0.327 e. The van der Waals surface area contributed by atoms with Crippen molar-refractivity contribution in [1.29, 1.82) is 0 Å². The van der Waals surface area contributed by atoms with Crippen LogP contribution >= 0.6 is 0 Å². The molecule has 1 unspecified atom stereocenters. The van der Waals surface area contributed by atoms with Gasteiger partial charge in [0, 0.05) is 12.4 Å². The lowest BCUT2D eigenvalue weighted by Crippen LogP contribution is -2.53. The highest BCUT2D eigenvalue weighted by atomic mass is 16.5. The molecule has 5 nitrogen and oxygen atoms in total. The van der Waals surface area contributed by atoms with E-state index in [0.717, 1.165) is 0 Å². The molecule has 0 aliphatic rings. The molecular weight excluding hydrogens is 206 g/mol. The Morgan fingerprint density at radius 2 is 2.31 bits per heavy atom. The van der Waals surface area contributed by atoms with E-state index in [1.807, 2.05) is 26.1 Å². The van der Waals surface area contributed by atoms with Crippen molar-refractivity contribution >= 4 is 5.97 Å². The number of esters is 1. The van der Waals surface area contributed by atoms with Gasteiger partial charge in [-0.25, -0.2) is 4.79 Å². The van der Waals surface area contributed by atoms with Gasteiger partial charge in [-0.15, -0.1) is 0 Å². The zero-order valence-electron chi connectivity index (χ0n) is 10.1. The molecule has 1 aromatic rings. The van der Waals surface area contributed by atoms with Crippen molar-refractivity contribution in [2.24, 2.45) is 0 Å². The quantitative estimate of drug-likeness (QED) is 0.728. The second kappa shape index (κ2) is 5.65. The van der Waals surface area contributed by atoms with Crippen molar-refractivity contribution in [2.45, 2.75) is 32.9 Å². The van der Waals surface area contributed by atoms with Crippen LogP contribution in [0.15, 0.2) is 18.5 Å². The molecule has 1 rings (SSSR count). The lowest BCUT2D eigenvalue weighted by molar-refractivity contribution is -0.151. The molecule has 90 valence electrons. The van der Waals surface area contributed by atoms with Crippen molar-refractivity contribution in [3.63, 3.8) is 0 Å². The number of likely N-dealkylation sites (N-methyl/N-ethyl adjacent to an activating group) is 1. The van der Waals surface area contributed by atoms with Gasteiger partial charge in [-0.2, -0.15) is 5.10 Å². The number of ether oxygens (including phenoxy) is 1. The van der Waals surface area contributed by atoms with E-state index in [0.29, 0.717) is 19.7 Å². The van der Waals surface area contributed by atoms with Crippen LogP contribution in [0.5, 0.6) is 0 Å². The third kappa shape index (κ3) is 3.06. The Kier molecular flexibility index (Phi) is 4.49. The normalized spacial score (nSPS) is 14.4. The van der Waals surface area contributed by atoms with Crippen molar-refractivity contribution < 1.29 is 9.53 Å². The van der Waals surface area contributed by atoms with Crippen LogP contribution in [0.2, 0.25) is 0 Å².